The Hall–Kier alpha value is -1.19. The van der Waals surface area contributed by atoms with Crippen molar-refractivity contribution in [2.75, 3.05) is 12.3 Å². The van der Waals surface area contributed by atoms with E-state index in [1.165, 1.54) is 0 Å². The first-order valence-electron chi connectivity index (χ1n) is 4.92. The molecule has 0 aromatic heterocycles. The zero-order valence-electron chi connectivity index (χ0n) is 9.13. The Morgan fingerprint density at radius 3 is 2.41 bits per heavy atom. The zero-order chi connectivity index (χ0) is 13.5. The number of hydrogen-bond acceptors (Lipinski definition) is 5. The number of hydrogen-bond donors (Lipinski definition) is 4. The second kappa shape index (κ2) is 7.20. The van der Waals surface area contributed by atoms with Crippen LogP contribution in [0, 0.1) is 0 Å². The van der Waals surface area contributed by atoms with Crippen LogP contribution in [-0.2, 0) is 19.7 Å². The predicted molar refractivity (Wildman–Crippen MR) is 58.9 cm³/mol. The molecule has 0 bridgehead atoms. The van der Waals surface area contributed by atoms with Crippen molar-refractivity contribution in [2.24, 2.45) is 5.73 Å². The van der Waals surface area contributed by atoms with Gasteiger partial charge in [0.2, 0.25) is 5.91 Å². The molecule has 1 amide bonds. The van der Waals surface area contributed by atoms with Crippen molar-refractivity contribution in [3.63, 3.8) is 0 Å². The van der Waals surface area contributed by atoms with Crippen molar-refractivity contribution in [1.29, 1.82) is 0 Å². The summed E-state index contributed by atoms with van der Waals surface area (Å²) >= 11 is 0. The molecule has 0 fully saturated rings. The van der Waals surface area contributed by atoms with Crippen molar-refractivity contribution >= 4 is 22.0 Å². The first-order chi connectivity index (χ1) is 7.72. The van der Waals surface area contributed by atoms with Gasteiger partial charge in [-0.3, -0.25) is 14.1 Å². The maximum atomic E-state index is 11.2. The van der Waals surface area contributed by atoms with Gasteiger partial charge in [0.25, 0.3) is 10.1 Å². The third-order valence-electron chi connectivity index (χ3n) is 1.88. The molecule has 0 aliphatic rings. The molecule has 0 saturated heterocycles. The van der Waals surface area contributed by atoms with E-state index < -0.39 is 33.8 Å². The summed E-state index contributed by atoms with van der Waals surface area (Å²) in [5.74, 6) is -2.03. The smallest absolute Gasteiger partial charge is 0.303 e. The lowest BCUT2D eigenvalue weighted by Crippen LogP contribution is -2.41. The summed E-state index contributed by atoms with van der Waals surface area (Å²) in [5.41, 5.74) is 5.39. The van der Waals surface area contributed by atoms with E-state index in [4.69, 9.17) is 15.4 Å². The zero-order valence-corrected chi connectivity index (χ0v) is 9.94. The minimum Gasteiger partial charge on any atom is -0.481 e. The van der Waals surface area contributed by atoms with E-state index in [9.17, 15) is 18.0 Å². The van der Waals surface area contributed by atoms with Crippen molar-refractivity contribution in [3.8, 4) is 0 Å². The van der Waals surface area contributed by atoms with Crippen LogP contribution >= 0.6 is 0 Å². The summed E-state index contributed by atoms with van der Waals surface area (Å²) < 4.78 is 29.1. The highest BCUT2D eigenvalue weighted by molar-refractivity contribution is 7.85. The molecule has 1 atom stereocenters. The largest absolute Gasteiger partial charge is 0.481 e. The average Bonchev–Trinajstić information content (AvgIpc) is 2.19. The molecule has 0 unspecified atom stereocenters. The molecule has 0 heterocycles. The number of carbonyl (C=O) groups is 2. The summed E-state index contributed by atoms with van der Waals surface area (Å²) in [6, 6.07) is -0.933. The normalized spacial score (nSPS) is 13.1. The van der Waals surface area contributed by atoms with Crippen LogP contribution in [0.5, 0.6) is 0 Å². The number of nitrogens with two attached hydrogens (primary N) is 1. The molecule has 8 nitrogen and oxygen atoms in total. The van der Waals surface area contributed by atoms with Gasteiger partial charge in [0, 0.05) is 13.0 Å². The lowest BCUT2D eigenvalue weighted by molar-refractivity contribution is -0.137. The van der Waals surface area contributed by atoms with Gasteiger partial charge in [0.15, 0.2) is 0 Å². The second-order valence-electron chi connectivity index (χ2n) is 3.47. The van der Waals surface area contributed by atoms with Gasteiger partial charge >= 0.3 is 5.97 Å². The molecule has 0 rings (SSSR count). The fraction of sp³-hybridized carbons (Fsp3) is 0.750. The van der Waals surface area contributed by atoms with E-state index >= 15 is 0 Å². The molecule has 17 heavy (non-hydrogen) atoms. The van der Waals surface area contributed by atoms with Crippen LogP contribution in [-0.4, -0.2) is 48.3 Å². The van der Waals surface area contributed by atoms with Crippen LogP contribution in [0.2, 0.25) is 0 Å². The number of carboxylic acid groups (broad SMARTS) is 1. The van der Waals surface area contributed by atoms with Crippen LogP contribution in [0.25, 0.3) is 0 Å². The highest BCUT2D eigenvalue weighted by Gasteiger charge is 2.14. The molecule has 0 saturated carbocycles. The van der Waals surface area contributed by atoms with Crippen molar-refractivity contribution in [2.45, 2.75) is 25.3 Å². The average molecular weight is 268 g/mol. The van der Waals surface area contributed by atoms with E-state index in [2.05, 4.69) is 5.32 Å². The number of aliphatic carboxylic acids is 1. The van der Waals surface area contributed by atoms with Gasteiger partial charge in [-0.15, -0.1) is 0 Å². The molecule has 9 heteroatoms. The van der Waals surface area contributed by atoms with E-state index in [-0.39, 0.29) is 25.8 Å². The highest BCUT2D eigenvalue weighted by Crippen LogP contribution is 1.95. The standard InChI is InChI=1S/C8H16N2O6S/c9-6(2-3-7(11)12)8(13)10-4-1-5-17(14,15)16/h6H,1-5,9H2,(H,10,13)(H,11,12)(H,14,15,16)/t6-/m0/s1. The Morgan fingerprint density at radius 1 is 1.35 bits per heavy atom. The highest BCUT2D eigenvalue weighted by atomic mass is 32.2. The Labute approximate surface area is 98.9 Å². The van der Waals surface area contributed by atoms with Crippen LogP contribution < -0.4 is 11.1 Å². The Kier molecular flexibility index (Phi) is 6.69. The van der Waals surface area contributed by atoms with Gasteiger partial charge in [0.05, 0.1) is 11.8 Å². The van der Waals surface area contributed by atoms with Gasteiger partial charge < -0.3 is 16.2 Å². The SMILES string of the molecule is N[C@@H](CCC(=O)O)C(=O)NCCCS(=O)(=O)O. The predicted octanol–water partition coefficient (Wildman–Crippen LogP) is -1.43. The topological polar surface area (TPSA) is 147 Å². The van der Waals surface area contributed by atoms with Crippen LogP contribution in [0.3, 0.4) is 0 Å². The van der Waals surface area contributed by atoms with E-state index in [1.807, 2.05) is 0 Å². The van der Waals surface area contributed by atoms with Crippen LogP contribution in [0.15, 0.2) is 0 Å². The van der Waals surface area contributed by atoms with Gasteiger partial charge in [-0.05, 0) is 12.8 Å². The molecule has 0 aliphatic heterocycles. The van der Waals surface area contributed by atoms with Crippen molar-refractivity contribution < 1.29 is 27.7 Å². The molecule has 0 radical (unpaired) electrons. The number of carbonyl (C=O) groups excluding carboxylic acids is 1. The Morgan fingerprint density at radius 2 is 1.94 bits per heavy atom. The van der Waals surface area contributed by atoms with Gasteiger partial charge in [0.1, 0.15) is 0 Å². The molecule has 0 aromatic rings. The number of nitrogens with one attached hydrogen (secondary N) is 1. The maximum Gasteiger partial charge on any atom is 0.303 e. The number of amides is 1. The third-order valence-corrected chi connectivity index (χ3v) is 2.69. The minimum absolute atomic E-state index is 0.0134. The third kappa shape index (κ3) is 9.72. The fourth-order valence-corrected chi connectivity index (χ4v) is 1.52. The Balaban J connectivity index is 3.75. The molecule has 0 spiro atoms. The molecule has 100 valence electrons. The summed E-state index contributed by atoms with van der Waals surface area (Å²) in [7, 11) is -4.02. The fourth-order valence-electron chi connectivity index (χ4n) is 1.01. The first kappa shape index (κ1) is 15.8. The van der Waals surface area contributed by atoms with Gasteiger partial charge in [-0.25, -0.2) is 0 Å². The second-order valence-corrected chi connectivity index (χ2v) is 5.04. The quantitative estimate of drug-likeness (QED) is 0.312. The van der Waals surface area contributed by atoms with Crippen molar-refractivity contribution in [3.05, 3.63) is 0 Å². The van der Waals surface area contributed by atoms with Crippen LogP contribution in [0.4, 0.5) is 0 Å². The lowest BCUT2D eigenvalue weighted by Gasteiger charge is -2.10. The van der Waals surface area contributed by atoms with Gasteiger partial charge in [-0.2, -0.15) is 8.42 Å². The lowest BCUT2D eigenvalue weighted by atomic mass is 10.1. The number of carboxylic acids is 1. The molecular formula is C8H16N2O6S. The molecule has 0 aromatic carbocycles. The minimum atomic E-state index is -4.02. The summed E-state index contributed by atoms with van der Waals surface area (Å²) in [6.45, 7) is 0.0550. The summed E-state index contributed by atoms with van der Waals surface area (Å²) in [4.78, 5) is 21.5. The molecular weight excluding hydrogens is 252 g/mol. The van der Waals surface area contributed by atoms with E-state index in [0.29, 0.717) is 0 Å². The first-order valence-corrected chi connectivity index (χ1v) is 6.53. The summed E-state index contributed by atoms with van der Waals surface area (Å²) in [6.07, 6.45) is -0.130. The van der Waals surface area contributed by atoms with Crippen LogP contribution in [0.1, 0.15) is 19.3 Å². The monoisotopic (exact) mass is 268 g/mol. The van der Waals surface area contributed by atoms with E-state index in [1.54, 1.807) is 0 Å². The Bertz CT molecular complexity index is 366. The maximum absolute atomic E-state index is 11.2. The van der Waals surface area contributed by atoms with Crippen molar-refractivity contribution in [1.82, 2.24) is 5.32 Å². The molecule has 5 N–H and O–H groups in total. The van der Waals surface area contributed by atoms with Gasteiger partial charge in [-0.1, -0.05) is 0 Å². The molecule has 0 aliphatic carbocycles. The number of rotatable bonds is 8. The van der Waals surface area contributed by atoms with E-state index in [0.717, 1.165) is 0 Å². The summed E-state index contributed by atoms with van der Waals surface area (Å²) in [5, 5.41) is 10.7.